The molecule has 16 heavy (non-hydrogen) atoms. The molecule has 0 radical (unpaired) electrons. The first-order valence-electron chi connectivity index (χ1n) is 5.34. The molecule has 1 aromatic rings. The van der Waals surface area contributed by atoms with Crippen molar-refractivity contribution in [1.29, 1.82) is 0 Å². The third-order valence-electron chi connectivity index (χ3n) is 1.93. The van der Waals surface area contributed by atoms with Crippen LogP contribution in [0.5, 0.6) is 0 Å². The second-order valence-corrected chi connectivity index (χ2v) is 4.66. The highest BCUT2D eigenvalue weighted by Gasteiger charge is 2.17. The Morgan fingerprint density at radius 1 is 1.56 bits per heavy atom. The molecule has 5 heteroatoms. The van der Waals surface area contributed by atoms with Gasteiger partial charge in [0.25, 0.3) is 5.91 Å². The first-order chi connectivity index (χ1) is 7.33. The van der Waals surface area contributed by atoms with Crippen molar-refractivity contribution in [2.45, 2.75) is 39.7 Å². The van der Waals surface area contributed by atoms with Crippen LogP contribution in [0.25, 0.3) is 0 Å². The SMILES string of the molecule is CCc1nn(C)cc1C(=O)NOC(C)(C)C. The number of hydrogen-bond acceptors (Lipinski definition) is 3. The lowest BCUT2D eigenvalue weighted by Crippen LogP contribution is -2.33. The van der Waals surface area contributed by atoms with Crippen LogP contribution in [-0.4, -0.2) is 21.3 Å². The first-order valence-corrected chi connectivity index (χ1v) is 5.34. The summed E-state index contributed by atoms with van der Waals surface area (Å²) < 4.78 is 1.63. The summed E-state index contributed by atoms with van der Waals surface area (Å²) >= 11 is 0. The van der Waals surface area contributed by atoms with Gasteiger partial charge >= 0.3 is 0 Å². The Labute approximate surface area is 95.7 Å². The molecule has 0 unspecified atom stereocenters. The maximum absolute atomic E-state index is 11.8. The minimum Gasteiger partial charge on any atom is -0.275 e. The molecule has 0 atom stereocenters. The number of carbonyl (C=O) groups excluding carboxylic acids is 1. The van der Waals surface area contributed by atoms with Crippen LogP contribution in [0.2, 0.25) is 0 Å². The Morgan fingerprint density at radius 2 is 2.19 bits per heavy atom. The third-order valence-corrected chi connectivity index (χ3v) is 1.93. The molecule has 0 aliphatic carbocycles. The van der Waals surface area contributed by atoms with E-state index in [1.807, 2.05) is 27.7 Å². The van der Waals surface area contributed by atoms with Crippen molar-refractivity contribution < 1.29 is 9.63 Å². The summed E-state index contributed by atoms with van der Waals surface area (Å²) in [6.45, 7) is 7.58. The van der Waals surface area contributed by atoms with E-state index in [9.17, 15) is 4.79 Å². The van der Waals surface area contributed by atoms with Gasteiger partial charge in [-0.05, 0) is 27.2 Å². The van der Waals surface area contributed by atoms with Gasteiger partial charge in [-0.15, -0.1) is 0 Å². The Balaban J connectivity index is 2.73. The van der Waals surface area contributed by atoms with E-state index in [2.05, 4.69) is 10.6 Å². The number of nitrogens with one attached hydrogen (secondary N) is 1. The lowest BCUT2D eigenvalue weighted by molar-refractivity contribution is -0.0590. The van der Waals surface area contributed by atoms with Crippen molar-refractivity contribution >= 4 is 5.91 Å². The van der Waals surface area contributed by atoms with E-state index in [4.69, 9.17) is 4.84 Å². The van der Waals surface area contributed by atoms with Crippen molar-refractivity contribution in [1.82, 2.24) is 15.3 Å². The van der Waals surface area contributed by atoms with Crippen molar-refractivity contribution in [2.75, 3.05) is 0 Å². The smallest absolute Gasteiger partial charge is 0.275 e. The minimum atomic E-state index is -0.399. The van der Waals surface area contributed by atoms with Gasteiger partial charge in [-0.1, -0.05) is 6.92 Å². The standard InChI is InChI=1S/C11H19N3O2/c1-6-9-8(7-14(5)12-9)10(15)13-16-11(2,3)4/h7H,6H2,1-5H3,(H,13,15). The van der Waals surface area contributed by atoms with Gasteiger partial charge in [0.1, 0.15) is 0 Å². The number of nitrogens with zero attached hydrogens (tertiary/aromatic N) is 2. The molecule has 90 valence electrons. The van der Waals surface area contributed by atoms with Crippen LogP contribution < -0.4 is 5.48 Å². The van der Waals surface area contributed by atoms with E-state index in [-0.39, 0.29) is 5.91 Å². The average Bonchev–Trinajstić information content (AvgIpc) is 2.55. The van der Waals surface area contributed by atoms with E-state index in [1.165, 1.54) is 0 Å². The molecule has 0 spiro atoms. The van der Waals surface area contributed by atoms with Crippen LogP contribution >= 0.6 is 0 Å². The van der Waals surface area contributed by atoms with Gasteiger partial charge in [-0.25, -0.2) is 5.48 Å². The van der Waals surface area contributed by atoms with Crippen LogP contribution in [0.15, 0.2) is 6.20 Å². The van der Waals surface area contributed by atoms with Crippen molar-refractivity contribution in [3.63, 3.8) is 0 Å². The van der Waals surface area contributed by atoms with Gasteiger partial charge in [0, 0.05) is 13.2 Å². The molecule has 1 rings (SSSR count). The third kappa shape index (κ3) is 3.34. The van der Waals surface area contributed by atoms with Crippen LogP contribution in [0.3, 0.4) is 0 Å². The lowest BCUT2D eigenvalue weighted by atomic mass is 10.2. The van der Waals surface area contributed by atoms with Crippen LogP contribution in [0.1, 0.15) is 43.7 Å². The fourth-order valence-corrected chi connectivity index (χ4v) is 1.24. The predicted molar refractivity (Wildman–Crippen MR) is 60.9 cm³/mol. The van der Waals surface area contributed by atoms with Crippen molar-refractivity contribution in [3.8, 4) is 0 Å². The predicted octanol–water partition coefficient (Wildman–Crippen LogP) is 1.44. The highest BCUT2D eigenvalue weighted by molar-refractivity contribution is 5.94. The molecule has 0 saturated carbocycles. The number of hydroxylamine groups is 1. The summed E-state index contributed by atoms with van der Waals surface area (Å²) in [5.41, 5.74) is 3.38. The number of aryl methyl sites for hydroxylation is 2. The number of aromatic nitrogens is 2. The molecule has 1 heterocycles. The Kier molecular flexibility index (Phi) is 3.70. The molecule has 1 aromatic heterocycles. The maximum Gasteiger partial charge on any atom is 0.278 e. The highest BCUT2D eigenvalue weighted by atomic mass is 16.7. The Hall–Kier alpha value is -1.36. The van der Waals surface area contributed by atoms with Crippen LogP contribution in [-0.2, 0) is 18.3 Å². The molecule has 0 bridgehead atoms. The summed E-state index contributed by atoms with van der Waals surface area (Å²) in [6, 6.07) is 0. The second kappa shape index (κ2) is 4.65. The van der Waals surface area contributed by atoms with Crippen LogP contribution in [0, 0.1) is 0 Å². The van der Waals surface area contributed by atoms with E-state index < -0.39 is 5.60 Å². The van der Waals surface area contributed by atoms with Crippen molar-refractivity contribution in [3.05, 3.63) is 17.5 Å². The molecule has 0 aliphatic heterocycles. The minimum absolute atomic E-state index is 0.250. The monoisotopic (exact) mass is 225 g/mol. The van der Waals surface area contributed by atoms with E-state index in [0.717, 1.165) is 12.1 Å². The fourth-order valence-electron chi connectivity index (χ4n) is 1.24. The van der Waals surface area contributed by atoms with Crippen LogP contribution in [0.4, 0.5) is 0 Å². The van der Waals surface area contributed by atoms with E-state index >= 15 is 0 Å². The molecule has 5 nitrogen and oxygen atoms in total. The highest BCUT2D eigenvalue weighted by Crippen LogP contribution is 2.09. The molecule has 1 N–H and O–H groups in total. The summed E-state index contributed by atoms with van der Waals surface area (Å²) in [6.07, 6.45) is 2.42. The first kappa shape index (κ1) is 12.7. The average molecular weight is 225 g/mol. The zero-order chi connectivity index (χ0) is 12.3. The second-order valence-electron chi connectivity index (χ2n) is 4.66. The summed E-state index contributed by atoms with van der Waals surface area (Å²) in [4.78, 5) is 17.0. The molecular weight excluding hydrogens is 206 g/mol. The molecule has 0 fully saturated rings. The largest absolute Gasteiger partial charge is 0.278 e. The fraction of sp³-hybridized carbons (Fsp3) is 0.636. The van der Waals surface area contributed by atoms with E-state index in [1.54, 1.807) is 17.9 Å². The number of carbonyl (C=O) groups is 1. The molecule has 0 aliphatic rings. The summed E-state index contributed by atoms with van der Waals surface area (Å²) in [7, 11) is 1.79. The molecule has 0 aromatic carbocycles. The summed E-state index contributed by atoms with van der Waals surface area (Å²) in [5, 5.41) is 4.19. The van der Waals surface area contributed by atoms with E-state index in [0.29, 0.717) is 5.56 Å². The number of hydrogen-bond donors (Lipinski definition) is 1. The van der Waals surface area contributed by atoms with Gasteiger partial charge in [0.2, 0.25) is 0 Å². The molecule has 0 saturated heterocycles. The van der Waals surface area contributed by atoms with Gasteiger partial charge < -0.3 is 0 Å². The topological polar surface area (TPSA) is 56.2 Å². The Bertz CT molecular complexity index is 377. The lowest BCUT2D eigenvalue weighted by Gasteiger charge is -2.18. The zero-order valence-electron chi connectivity index (χ0n) is 10.5. The Morgan fingerprint density at radius 3 is 2.69 bits per heavy atom. The van der Waals surface area contributed by atoms with Gasteiger partial charge in [0.05, 0.1) is 16.9 Å². The molecule has 1 amide bonds. The zero-order valence-corrected chi connectivity index (χ0v) is 10.5. The number of rotatable bonds is 3. The van der Waals surface area contributed by atoms with Gasteiger partial charge in [-0.2, -0.15) is 5.10 Å². The van der Waals surface area contributed by atoms with Crippen molar-refractivity contribution in [2.24, 2.45) is 7.05 Å². The summed E-state index contributed by atoms with van der Waals surface area (Å²) in [5.74, 6) is -0.250. The molecular formula is C11H19N3O2. The number of amides is 1. The van der Waals surface area contributed by atoms with Gasteiger partial charge in [-0.3, -0.25) is 14.3 Å². The van der Waals surface area contributed by atoms with Gasteiger partial charge in [0.15, 0.2) is 0 Å². The maximum atomic E-state index is 11.8. The quantitative estimate of drug-likeness (QED) is 0.792. The normalized spacial score (nSPS) is 11.6.